The number of hydrogen-bond acceptors (Lipinski definition) is 3. The summed E-state index contributed by atoms with van der Waals surface area (Å²) in [4.78, 5) is 32.7. The molecule has 116 valence electrons. The van der Waals surface area contributed by atoms with Crippen molar-refractivity contribution in [2.24, 2.45) is 11.3 Å². The minimum absolute atomic E-state index is 0.0617. The zero-order valence-corrected chi connectivity index (χ0v) is 12.7. The molecule has 0 N–H and O–H groups in total. The second-order valence-electron chi connectivity index (χ2n) is 7.06. The second kappa shape index (κ2) is 5.07. The summed E-state index contributed by atoms with van der Waals surface area (Å²) in [6, 6.07) is 5.64. The van der Waals surface area contributed by atoms with Gasteiger partial charge in [0.25, 0.3) is 0 Å². The van der Waals surface area contributed by atoms with Crippen molar-refractivity contribution in [1.82, 2.24) is 9.88 Å². The van der Waals surface area contributed by atoms with Crippen molar-refractivity contribution in [3.8, 4) is 0 Å². The molecule has 3 heterocycles. The number of likely N-dealkylation sites (tertiary alicyclic amines) is 1. The number of nitrogens with zero attached hydrogens (tertiary/aromatic N) is 3. The van der Waals surface area contributed by atoms with E-state index in [1.54, 1.807) is 11.1 Å². The van der Waals surface area contributed by atoms with Crippen molar-refractivity contribution in [3.05, 3.63) is 24.4 Å². The Morgan fingerprint density at radius 1 is 1.32 bits per heavy atom. The van der Waals surface area contributed by atoms with Crippen molar-refractivity contribution in [1.29, 1.82) is 0 Å². The molecule has 1 aromatic rings. The lowest BCUT2D eigenvalue weighted by Crippen LogP contribution is -2.34. The van der Waals surface area contributed by atoms with Crippen LogP contribution in [-0.2, 0) is 9.59 Å². The van der Waals surface area contributed by atoms with Gasteiger partial charge in [0, 0.05) is 44.1 Å². The lowest BCUT2D eigenvalue weighted by Gasteiger charge is -2.24. The predicted octanol–water partition coefficient (Wildman–Crippen LogP) is 1.84. The maximum Gasteiger partial charge on any atom is 0.228 e. The van der Waals surface area contributed by atoms with Gasteiger partial charge in [-0.1, -0.05) is 6.07 Å². The van der Waals surface area contributed by atoms with E-state index in [1.165, 1.54) is 12.8 Å². The number of carbonyl (C=O) groups is 2. The normalized spacial score (nSPS) is 27.9. The highest BCUT2D eigenvalue weighted by molar-refractivity contribution is 5.95. The summed E-state index contributed by atoms with van der Waals surface area (Å²) in [5, 5.41) is 0. The molecule has 5 nitrogen and oxygen atoms in total. The third-order valence-electron chi connectivity index (χ3n) is 5.20. The molecule has 22 heavy (non-hydrogen) atoms. The summed E-state index contributed by atoms with van der Waals surface area (Å²) >= 11 is 0. The molecule has 1 aliphatic carbocycles. The molecule has 1 unspecified atom stereocenters. The topological polar surface area (TPSA) is 53.5 Å². The van der Waals surface area contributed by atoms with Crippen LogP contribution in [0.3, 0.4) is 0 Å². The van der Waals surface area contributed by atoms with Crippen LogP contribution < -0.4 is 4.90 Å². The zero-order valence-electron chi connectivity index (χ0n) is 12.7. The highest BCUT2D eigenvalue weighted by Crippen LogP contribution is 2.42. The lowest BCUT2D eigenvalue weighted by molar-refractivity contribution is -0.131. The fourth-order valence-corrected chi connectivity index (χ4v) is 3.74. The van der Waals surface area contributed by atoms with Gasteiger partial charge < -0.3 is 4.90 Å². The first kappa shape index (κ1) is 13.7. The molecule has 0 bridgehead atoms. The SMILES string of the molecule is O=C(CC1CC1)N1CCC2(CC(=O)N(c3ccccn3)C2)C1. The molecule has 0 aromatic carbocycles. The number of aromatic nitrogens is 1. The van der Waals surface area contributed by atoms with Gasteiger partial charge in [-0.2, -0.15) is 0 Å². The molecule has 1 saturated carbocycles. The van der Waals surface area contributed by atoms with Crippen LogP contribution in [0, 0.1) is 11.3 Å². The van der Waals surface area contributed by atoms with Crippen molar-refractivity contribution in [2.45, 2.75) is 32.1 Å². The summed E-state index contributed by atoms with van der Waals surface area (Å²) in [7, 11) is 0. The highest BCUT2D eigenvalue weighted by atomic mass is 16.2. The Balaban J connectivity index is 1.45. The van der Waals surface area contributed by atoms with Gasteiger partial charge >= 0.3 is 0 Å². The molecular weight excluding hydrogens is 278 g/mol. The number of amides is 2. The van der Waals surface area contributed by atoms with Crippen LogP contribution in [0.15, 0.2) is 24.4 Å². The van der Waals surface area contributed by atoms with Gasteiger partial charge in [-0.25, -0.2) is 4.98 Å². The Morgan fingerprint density at radius 2 is 2.18 bits per heavy atom. The number of pyridine rings is 1. The van der Waals surface area contributed by atoms with Crippen LogP contribution >= 0.6 is 0 Å². The first-order chi connectivity index (χ1) is 10.7. The van der Waals surface area contributed by atoms with E-state index in [2.05, 4.69) is 4.98 Å². The van der Waals surface area contributed by atoms with E-state index in [1.807, 2.05) is 23.1 Å². The van der Waals surface area contributed by atoms with E-state index in [4.69, 9.17) is 0 Å². The van der Waals surface area contributed by atoms with E-state index in [9.17, 15) is 9.59 Å². The number of carbonyl (C=O) groups excluding carboxylic acids is 2. The van der Waals surface area contributed by atoms with Crippen molar-refractivity contribution in [2.75, 3.05) is 24.5 Å². The molecule has 3 aliphatic rings. The van der Waals surface area contributed by atoms with Crippen LogP contribution in [0.4, 0.5) is 5.82 Å². The Hall–Kier alpha value is -1.91. The molecular formula is C17H21N3O2. The maximum atomic E-state index is 12.4. The summed E-state index contributed by atoms with van der Waals surface area (Å²) < 4.78 is 0. The van der Waals surface area contributed by atoms with Gasteiger partial charge in [-0.05, 0) is 37.3 Å². The average Bonchev–Trinajstić information content (AvgIpc) is 3.15. The van der Waals surface area contributed by atoms with E-state index >= 15 is 0 Å². The maximum absolute atomic E-state index is 12.4. The summed E-state index contributed by atoms with van der Waals surface area (Å²) in [5.74, 6) is 1.77. The van der Waals surface area contributed by atoms with Crippen LogP contribution in [0.25, 0.3) is 0 Å². The monoisotopic (exact) mass is 299 g/mol. The lowest BCUT2D eigenvalue weighted by atomic mass is 9.86. The van der Waals surface area contributed by atoms with Crippen LogP contribution in [0.5, 0.6) is 0 Å². The first-order valence-electron chi connectivity index (χ1n) is 8.14. The third-order valence-corrected chi connectivity index (χ3v) is 5.20. The number of hydrogen-bond donors (Lipinski definition) is 0. The fourth-order valence-electron chi connectivity index (χ4n) is 3.74. The smallest absolute Gasteiger partial charge is 0.228 e. The van der Waals surface area contributed by atoms with E-state index in [0.29, 0.717) is 25.3 Å². The molecule has 2 amide bonds. The van der Waals surface area contributed by atoms with Crippen molar-refractivity contribution in [3.63, 3.8) is 0 Å². The Morgan fingerprint density at radius 3 is 2.91 bits per heavy atom. The molecule has 2 saturated heterocycles. The Labute approximate surface area is 130 Å². The van der Waals surface area contributed by atoms with E-state index in [-0.39, 0.29) is 17.2 Å². The van der Waals surface area contributed by atoms with Crippen LogP contribution in [-0.4, -0.2) is 41.3 Å². The molecule has 5 heteroatoms. The standard InChI is InChI=1S/C17H21N3O2/c21-15(9-13-4-5-13)19-8-6-17(11-19)10-16(22)20(12-17)14-3-1-2-7-18-14/h1-3,7,13H,4-6,8-12H2. The van der Waals surface area contributed by atoms with Crippen LogP contribution in [0.2, 0.25) is 0 Å². The highest BCUT2D eigenvalue weighted by Gasteiger charge is 2.49. The largest absolute Gasteiger partial charge is 0.342 e. The van der Waals surface area contributed by atoms with Gasteiger partial charge in [-0.3, -0.25) is 14.5 Å². The quantitative estimate of drug-likeness (QED) is 0.855. The van der Waals surface area contributed by atoms with Crippen LogP contribution in [0.1, 0.15) is 32.1 Å². The summed E-state index contributed by atoms with van der Waals surface area (Å²) in [6.07, 6.45) is 6.30. The van der Waals surface area contributed by atoms with Gasteiger partial charge in [0.1, 0.15) is 5.82 Å². The fraction of sp³-hybridized carbons (Fsp3) is 0.588. The molecule has 1 spiro atoms. The molecule has 2 aliphatic heterocycles. The first-order valence-corrected chi connectivity index (χ1v) is 8.14. The third kappa shape index (κ3) is 2.49. The molecule has 0 radical (unpaired) electrons. The van der Waals surface area contributed by atoms with E-state index in [0.717, 1.165) is 25.3 Å². The van der Waals surface area contributed by atoms with E-state index < -0.39 is 0 Å². The van der Waals surface area contributed by atoms with Gasteiger partial charge in [-0.15, -0.1) is 0 Å². The number of rotatable bonds is 3. The molecule has 1 atom stereocenters. The molecule has 4 rings (SSSR count). The summed E-state index contributed by atoms with van der Waals surface area (Å²) in [6.45, 7) is 2.22. The Bertz CT molecular complexity index is 599. The Kier molecular flexibility index (Phi) is 3.17. The van der Waals surface area contributed by atoms with Crippen molar-refractivity contribution >= 4 is 17.6 Å². The van der Waals surface area contributed by atoms with Crippen molar-refractivity contribution < 1.29 is 9.59 Å². The van der Waals surface area contributed by atoms with Gasteiger partial charge in [0.15, 0.2) is 0 Å². The van der Waals surface area contributed by atoms with Gasteiger partial charge in [0.05, 0.1) is 0 Å². The molecule has 1 aromatic heterocycles. The minimum Gasteiger partial charge on any atom is -0.342 e. The summed E-state index contributed by atoms with van der Waals surface area (Å²) in [5.41, 5.74) is -0.0617. The minimum atomic E-state index is -0.0617. The molecule has 3 fully saturated rings. The second-order valence-corrected chi connectivity index (χ2v) is 7.06. The van der Waals surface area contributed by atoms with Gasteiger partial charge in [0.2, 0.25) is 11.8 Å². The average molecular weight is 299 g/mol. The zero-order chi connectivity index (χ0) is 15.2. The predicted molar refractivity (Wildman–Crippen MR) is 82.2 cm³/mol. The number of anilines is 1.